The lowest BCUT2D eigenvalue weighted by Gasteiger charge is -2.19. The van der Waals surface area contributed by atoms with E-state index in [4.69, 9.17) is 0 Å². The molecular formula is C21H26N2O. The van der Waals surface area contributed by atoms with Gasteiger partial charge in [0, 0.05) is 30.0 Å². The summed E-state index contributed by atoms with van der Waals surface area (Å²) in [7, 11) is 0. The van der Waals surface area contributed by atoms with Crippen LogP contribution in [0.15, 0.2) is 42.5 Å². The summed E-state index contributed by atoms with van der Waals surface area (Å²) >= 11 is 0. The predicted molar refractivity (Wildman–Crippen MR) is 101 cm³/mol. The summed E-state index contributed by atoms with van der Waals surface area (Å²) in [6.45, 7) is 8.62. The SMILES string of the molecule is Cc1cc(N2CCCC2)ccc1NC(=O)c1ccc(C(C)C)cc1. The van der Waals surface area contributed by atoms with Gasteiger partial charge in [0.2, 0.25) is 0 Å². The molecule has 3 heteroatoms. The molecule has 1 saturated heterocycles. The molecule has 1 aliphatic heterocycles. The van der Waals surface area contributed by atoms with Crippen LogP contribution in [0.25, 0.3) is 0 Å². The van der Waals surface area contributed by atoms with Crippen LogP contribution >= 0.6 is 0 Å². The molecule has 3 nitrogen and oxygen atoms in total. The van der Waals surface area contributed by atoms with Gasteiger partial charge in [-0.25, -0.2) is 0 Å². The minimum absolute atomic E-state index is 0.0534. The number of nitrogens with one attached hydrogen (secondary N) is 1. The Morgan fingerprint density at radius 3 is 2.29 bits per heavy atom. The molecule has 0 aromatic heterocycles. The molecule has 0 aliphatic carbocycles. The van der Waals surface area contributed by atoms with Crippen LogP contribution in [-0.4, -0.2) is 19.0 Å². The first kappa shape index (κ1) is 16.6. The first-order chi connectivity index (χ1) is 11.5. The van der Waals surface area contributed by atoms with Crippen LogP contribution in [0.2, 0.25) is 0 Å². The van der Waals surface area contributed by atoms with Crippen LogP contribution < -0.4 is 10.2 Å². The molecule has 0 radical (unpaired) electrons. The Morgan fingerprint density at radius 1 is 1.04 bits per heavy atom. The van der Waals surface area contributed by atoms with Crippen molar-refractivity contribution in [3.8, 4) is 0 Å². The van der Waals surface area contributed by atoms with Crippen molar-refractivity contribution in [2.45, 2.75) is 39.5 Å². The van der Waals surface area contributed by atoms with E-state index < -0.39 is 0 Å². The zero-order valence-electron chi connectivity index (χ0n) is 14.8. The molecule has 1 N–H and O–H groups in total. The van der Waals surface area contributed by atoms with Crippen molar-refractivity contribution in [2.75, 3.05) is 23.3 Å². The number of carbonyl (C=O) groups is 1. The minimum atomic E-state index is -0.0534. The van der Waals surface area contributed by atoms with E-state index in [1.54, 1.807) is 0 Å². The van der Waals surface area contributed by atoms with Crippen molar-refractivity contribution in [3.05, 3.63) is 59.2 Å². The Morgan fingerprint density at radius 2 is 1.71 bits per heavy atom. The van der Waals surface area contributed by atoms with Gasteiger partial charge in [-0.3, -0.25) is 4.79 Å². The summed E-state index contributed by atoms with van der Waals surface area (Å²) in [5.74, 6) is 0.421. The molecule has 2 aromatic rings. The fourth-order valence-corrected chi connectivity index (χ4v) is 3.17. The van der Waals surface area contributed by atoms with Crippen molar-refractivity contribution in [3.63, 3.8) is 0 Å². The summed E-state index contributed by atoms with van der Waals surface area (Å²) in [5, 5.41) is 3.04. The van der Waals surface area contributed by atoms with Gasteiger partial charge in [-0.1, -0.05) is 26.0 Å². The molecule has 0 saturated carbocycles. The van der Waals surface area contributed by atoms with E-state index in [9.17, 15) is 4.79 Å². The quantitative estimate of drug-likeness (QED) is 0.862. The van der Waals surface area contributed by atoms with E-state index >= 15 is 0 Å². The van der Waals surface area contributed by atoms with Gasteiger partial charge < -0.3 is 10.2 Å². The minimum Gasteiger partial charge on any atom is -0.372 e. The number of aryl methyl sites for hydroxylation is 1. The molecule has 1 heterocycles. The fourth-order valence-electron chi connectivity index (χ4n) is 3.17. The highest BCUT2D eigenvalue weighted by atomic mass is 16.1. The van der Waals surface area contributed by atoms with Crippen molar-refractivity contribution in [2.24, 2.45) is 0 Å². The molecule has 1 aliphatic rings. The fraction of sp³-hybridized carbons (Fsp3) is 0.381. The van der Waals surface area contributed by atoms with Crippen molar-refractivity contribution < 1.29 is 4.79 Å². The first-order valence-electron chi connectivity index (χ1n) is 8.81. The molecule has 24 heavy (non-hydrogen) atoms. The highest BCUT2D eigenvalue weighted by molar-refractivity contribution is 6.04. The lowest BCUT2D eigenvalue weighted by molar-refractivity contribution is 0.102. The van der Waals surface area contributed by atoms with Gasteiger partial charge in [-0.05, 0) is 67.1 Å². The topological polar surface area (TPSA) is 32.3 Å². The summed E-state index contributed by atoms with van der Waals surface area (Å²) in [4.78, 5) is 14.9. The number of amides is 1. The van der Waals surface area contributed by atoms with Crippen molar-refractivity contribution in [1.29, 1.82) is 0 Å². The molecule has 126 valence electrons. The maximum atomic E-state index is 12.5. The van der Waals surface area contributed by atoms with Crippen LogP contribution in [0.1, 0.15) is 54.1 Å². The second-order valence-corrected chi connectivity index (χ2v) is 6.92. The summed E-state index contributed by atoms with van der Waals surface area (Å²) < 4.78 is 0. The zero-order valence-corrected chi connectivity index (χ0v) is 14.8. The molecule has 3 rings (SSSR count). The van der Waals surface area contributed by atoms with Crippen molar-refractivity contribution >= 4 is 17.3 Å². The summed E-state index contributed by atoms with van der Waals surface area (Å²) in [6.07, 6.45) is 2.54. The van der Waals surface area contributed by atoms with Crippen LogP contribution in [0.3, 0.4) is 0 Å². The van der Waals surface area contributed by atoms with Crippen LogP contribution in [0.4, 0.5) is 11.4 Å². The smallest absolute Gasteiger partial charge is 0.255 e. The van der Waals surface area contributed by atoms with E-state index in [0.717, 1.165) is 24.3 Å². The first-order valence-corrected chi connectivity index (χ1v) is 8.81. The average molecular weight is 322 g/mol. The largest absolute Gasteiger partial charge is 0.372 e. The molecule has 1 amide bonds. The Bertz CT molecular complexity index is 713. The maximum absolute atomic E-state index is 12.5. The summed E-state index contributed by atoms with van der Waals surface area (Å²) in [5.41, 5.74) is 5.19. The van der Waals surface area contributed by atoms with Gasteiger partial charge in [-0.2, -0.15) is 0 Å². The van der Waals surface area contributed by atoms with E-state index in [2.05, 4.69) is 43.1 Å². The average Bonchev–Trinajstić information content (AvgIpc) is 3.11. The van der Waals surface area contributed by atoms with Crippen LogP contribution in [-0.2, 0) is 0 Å². The Balaban J connectivity index is 1.71. The second kappa shape index (κ2) is 7.08. The molecular weight excluding hydrogens is 296 g/mol. The normalized spacial score (nSPS) is 14.2. The highest BCUT2D eigenvalue weighted by Crippen LogP contribution is 2.26. The highest BCUT2D eigenvalue weighted by Gasteiger charge is 2.14. The monoisotopic (exact) mass is 322 g/mol. The van der Waals surface area contributed by atoms with Crippen molar-refractivity contribution in [1.82, 2.24) is 0 Å². The van der Waals surface area contributed by atoms with Crippen LogP contribution in [0, 0.1) is 6.92 Å². The number of rotatable bonds is 4. The van der Waals surface area contributed by atoms with Gasteiger partial charge in [0.05, 0.1) is 0 Å². The van der Waals surface area contributed by atoms with Gasteiger partial charge in [-0.15, -0.1) is 0 Å². The maximum Gasteiger partial charge on any atom is 0.255 e. The van der Waals surface area contributed by atoms with Gasteiger partial charge in [0.1, 0.15) is 0 Å². The lowest BCUT2D eigenvalue weighted by atomic mass is 10.0. The number of benzene rings is 2. The Labute approximate surface area is 144 Å². The number of hydrogen-bond donors (Lipinski definition) is 1. The lowest BCUT2D eigenvalue weighted by Crippen LogP contribution is -2.18. The number of nitrogens with zero attached hydrogens (tertiary/aromatic N) is 1. The van der Waals surface area contributed by atoms with Crippen LogP contribution in [0.5, 0.6) is 0 Å². The Hall–Kier alpha value is -2.29. The Kier molecular flexibility index (Phi) is 4.89. The van der Waals surface area contributed by atoms with Gasteiger partial charge in [0.15, 0.2) is 0 Å². The molecule has 2 aromatic carbocycles. The standard InChI is InChI=1S/C21H26N2O/c1-15(2)17-6-8-18(9-7-17)21(24)22-20-11-10-19(14-16(20)3)23-12-4-5-13-23/h6-11,14-15H,4-5,12-13H2,1-3H3,(H,22,24). The van der Waals surface area contributed by atoms with E-state index in [1.807, 2.05) is 30.3 Å². The second-order valence-electron chi connectivity index (χ2n) is 6.92. The molecule has 0 spiro atoms. The summed E-state index contributed by atoms with van der Waals surface area (Å²) in [6, 6.07) is 14.2. The number of carbonyl (C=O) groups excluding carboxylic acids is 1. The third-order valence-electron chi connectivity index (χ3n) is 4.77. The zero-order chi connectivity index (χ0) is 17.1. The molecule has 0 unspecified atom stereocenters. The van der Waals surface area contributed by atoms with E-state index in [0.29, 0.717) is 11.5 Å². The van der Waals surface area contributed by atoms with E-state index in [1.165, 1.54) is 24.1 Å². The third-order valence-corrected chi connectivity index (χ3v) is 4.77. The molecule has 0 bridgehead atoms. The van der Waals surface area contributed by atoms with Gasteiger partial charge in [0.25, 0.3) is 5.91 Å². The third kappa shape index (κ3) is 3.61. The number of hydrogen-bond acceptors (Lipinski definition) is 2. The molecule has 1 fully saturated rings. The predicted octanol–water partition coefficient (Wildman–Crippen LogP) is 4.97. The molecule has 0 atom stereocenters. The number of anilines is 2. The van der Waals surface area contributed by atoms with Gasteiger partial charge >= 0.3 is 0 Å². The van der Waals surface area contributed by atoms with E-state index in [-0.39, 0.29) is 5.91 Å².